The lowest BCUT2D eigenvalue weighted by Crippen LogP contribution is -2.62. The number of hydrogen-bond acceptors (Lipinski definition) is 6. The van der Waals surface area contributed by atoms with Gasteiger partial charge in [-0.3, -0.25) is 14.4 Å². The molecule has 9 heteroatoms. The van der Waals surface area contributed by atoms with E-state index in [1.807, 2.05) is 20.8 Å². The molecule has 208 valence electrons. The third-order valence-electron chi connectivity index (χ3n) is 7.92. The van der Waals surface area contributed by atoms with Crippen LogP contribution in [0.5, 0.6) is 0 Å². The lowest BCUT2D eigenvalue weighted by molar-refractivity contribution is -0.157. The molecule has 1 spiro atoms. The van der Waals surface area contributed by atoms with Crippen LogP contribution in [-0.4, -0.2) is 86.6 Å². The lowest BCUT2D eigenvalue weighted by atomic mass is 9.70. The van der Waals surface area contributed by atoms with Crippen molar-refractivity contribution >= 4 is 33.7 Å². The molecule has 0 aromatic heterocycles. The van der Waals surface area contributed by atoms with E-state index in [0.29, 0.717) is 19.4 Å². The van der Waals surface area contributed by atoms with Crippen LogP contribution in [0.25, 0.3) is 0 Å². The highest BCUT2D eigenvalue weighted by Gasteiger charge is 2.77. The Hall–Kier alpha value is -1.71. The number of aliphatic hydroxyl groups is 1. The zero-order chi connectivity index (χ0) is 27.9. The molecule has 0 saturated carbocycles. The van der Waals surface area contributed by atoms with Gasteiger partial charge in [-0.05, 0) is 38.5 Å². The molecule has 3 aliphatic rings. The molecule has 8 nitrogen and oxygen atoms in total. The molecular formula is C28H43BrN2O6. The number of halogens is 1. The van der Waals surface area contributed by atoms with Gasteiger partial charge in [-0.1, -0.05) is 62.4 Å². The highest BCUT2D eigenvalue weighted by molar-refractivity contribution is 9.09. The third kappa shape index (κ3) is 5.15. The summed E-state index contributed by atoms with van der Waals surface area (Å²) in [7, 11) is 0. The molecule has 7 atom stereocenters. The molecule has 1 N–H and O–H groups in total. The first-order valence-corrected chi connectivity index (χ1v) is 14.1. The summed E-state index contributed by atoms with van der Waals surface area (Å²) in [5, 5.41) is 10.2. The fraction of sp³-hybridized carbons (Fsp3) is 0.750. The fourth-order valence-corrected chi connectivity index (χ4v) is 7.91. The first kappa shape index (κ1) is 29.8. The molecule has 3 rings (SSSR count). The molecule has 3 fully saturated rings. The number of nitrogens with zero attached hydrogens (tertiary/aromatic N) is 2. The number of fused-ring (bicyclic) bond motifs is 1. The number of carbonyl (C=O) groups is 3. The molecule has 3 heterocycles. The molecule has 3 saturated heterocycles. The standard InChI is InChI=1S/C28H43BrN2O6/c1-9-12-30(27(7,8)16-26(4,5)6)24(34)22-28-14-18(29)21(37-28)19(25(35)36-13-10-2)20(28)23(33)31(22)17(11-3)15-32/h9-10,17-22,32H,1-2,11-16H2,3-8H3/t17-,18?,19+,20-,21+,22?,28?/m0/s1. The molecule has 0 aliphatic carbocycles. The Balaban J connectivity index is 2.14. The van der Waals surface area contributed by atoms with E-state index in [9.17, 15) is 19.5 Å². The first-order valence-electron chi connectivity index (χ1n) is 13.2. The minimum Gasteiger partial charge on any atom is -0.461 e. The fourth-order valence-electron chi connectivity index (χ4n) is 6.97. The van der Waals surface area contributed by atoms with Crippen molar-refractivity contribution in [1.82, 2.24) is 9.80 Å². The van der Waals surface area contributed by atoms with Crippen LogP contribution in [0.15, 0.2) is 25.3 Å². The minimum absolute atomic E-state index is 0.0251. The van der Waals surface area contributed by atoms with E-state index in [2.05, 4.69) is 49.9 Å². The van der Waals surface area contributed by atoms with Gasteiger partial charge in [0, 0.05) is 16.9 Å². The second-order valence-electron chi connectivity index (χ2n) is 12.4. The number of amides is 2. The lowest BCUT2D eigenvalue weighted by Gasteiger charge is -2.46. The Morgan fingerprint density at radius 3 is 2.46 bits per heavy atom. The molecule has 0 radical (unpaired) electrons. The average Bonchev–Trinajstić information content (AvgIpc) is 3.38. The summed E-state index contributed by atoms with van der Waals surface area (Å²) in [4.78, 5) is 44.9. The topological polar surface area (TPSA) is 96.4 Å². The zero-order valence-corrected chi connectivity index (χ0v) is 24.6. The largest absolute Gasteiger partial charge is 0.461 e. The van der Waals surface area contributed by atoms with Crippen LogP contribution in [-0.2, 0) is 23.9 Å². The second-order valence-corrected chi connectivity index (χ2v) is 13.5. The Morgan fingerprint density at radius 1 is 1.30 bits per heavy atom. The number of ether oxygens (including phenoxy) is 2. The van der Waals surface area contributed by atoms with E-state index in [1.54, 1.807) is 11.0 Å². The van der Waals surface area contributed by atoms with Gasteiger partial charge in [0.15, 0.2) is 0 Å². The van der Waals surface area contributed by atoms with E-state index in [4.69, 9.17) is 9.47 Å². The predicted octanol–water partition coefficient (Wildman–Crippen LogP) is 3.46. The van der Waals surface area contributed by atoms with Crippen LogP contribution < -0.4 is 0 Å². The molecule has 2 amide bonds. The van der Waals surface area contributed by atoms with Gasteiger partial charge >= 0.3 is 5.97 Å². The molecule has 37 heavy (non-hydrogen) atoms. The number of alkyl halides is 1. The van der Waals surface area contributed by atoms with Crippen molar-refractivity contribution in [3.8, 4) is 0 Å². The molecule has 2 bridgehead atoms. The van der Waals surface area contributed by atoms with E-state index >= 15 is 0 Å². The maximum atomic E-state index is 14.6. The smallest absolute Gasteiger partial charge is 0.312 e. The zero-order valence-electron chi connectivity index (χ0n) is 23.0. The first-order chi connectivity index (χ1) is 17.2. The van der Waals surface area contributed by atoms with Gasteiger partial charge < -0.3 is 24.4 Å². The van der Waals surface area contributed by atoms with Crippen LogP contribution in [0, 0.1) is 17.3 Å². The Bertz CT molecular complexity index is 926. The van der Waals surface area contributed by atoms with Crippen LogP contribution >= 0.6 is 15.9 Å². The van der Waals surface area contributed by atoms with Crippen molar-refractivity contribution in [1.29, 1.82) is 0 Å². The molecular weight excluding hydrogens is 540 g/mol. The van der Waals surface area contributed by atoms with Gasteiger partial charge in [0.05, 0.1) is 30.6 Å². The summed E-state index contributed by atoms with van der Waals surface area (Å²) in [6.45, 7) is 19.8. The van der Waals surface area contributed by atoms with E-state index < -0.39 is 47.1 Å². The number of esters is 1. The molecule has 0 aromatic rings. The van der Waals surface area contributed by atoms with Crippen molar-refractivity contribution in [2.75, 3.05) is 19.8 Å². The van der Waals surface area contributed by atoms with Gasteiger partial charge in [-0.25, -0.2) is 0 Å². The van der Waals surface area contributed by atoms with Crippen molar-refractivity contribution in [2.24, 2.45) is 17.3 Å². The summed E-state index contributed by atoms with van der Waals surface area (Å²) < 4.78 is 11.9. The van der Waals surface area contributed by atoms with Gasteiger partial charge in [-0.2, -0.15) is 0 Å². The van der Waals surface area contributed by atoms with Gasteiger partial charge in [-0.15, -0.1) is 6.58 Å². The minimum atomic E-state index is -1.20. The van der Waals surface area contributed by atoms with Gasteiger partial charge in [0.25, 0.3) is 0 Å². The van der Waals surface area contributed by atoms with E-state index in [0.717, 1.165) is 6.42 Å². The average molecular weight is 584 g/mol. The van der Waals surface area contributed by atoms with Crippen molar-refractivity contribution < 1.29 is 29.0 Å². The van der Waals surface area contributed by atoms with Crippen LogP contribution in [0.4, 0.5) is 0 Å². The van der Waals surface area contributed by atoms with Crippen LogP contribution in [0.2, 0.25) is 0 Å². The SMILES string of the molecule is C=CCOC(=O)[C@H]1[C@@H]2OC3(CC2Br)C(C(=O)N(CC=C)C(C)(C)CC(C)(C)C)N([C@@H](CC)CO)C(=O)[C@H]13. The highest BCUT2D eigenvalue weighted by atomic mass is 79.9. The molecule has 3 aliphatic heterocycles. The molecule has 3 unspecified atom stereocenters. The summed E-state index contributed by atoms with van der Waals surface area (Å²) in [5.41, 5.74) is -1.82. The quantitative estimate of drug-likeness (QED) is 0.228. The predicted molar refractivity (Wildman–Crippen MR) is 145 cm³/mol. The number of carbonyl (C=O) groups excluding carboxylic acids is 3. The second kappa shape index (κ2) is 10.8. The Morgan fingerprint density at radius 2 is 1.95 bits per heavy atom. The van der Waals surface area contributed by atoms with Gasteiger partial charge in [0.1, 0.15) is 18.2 Å². The molecule has 0 aromatic carbocycles. The summed E-state index contributed by atoms with van der Waals surface area (Å²) in [6, 6.07) is -1.57. The van der Waals surface area contributed by atoms with E-state index in [-0.39, 0.29) is 35.3 Å². The Kier molecular flexibility index (Phi) is 8.72. The monoisotopic (exact) mass is 582 g/mol. The third-order valence-corrected chi connectivity index (χ3v) is 8.77. The van der Waals surface area contributed by atoms with E-state index in [1.165, 1.54) is 11.0 Å². The highest BCUT2D eigenvalue weighted by Crippen LogP contribution is 2.61. The van der Waals surface area contributed by atoms with Gasteiger partial charge in [0.2, 0.25) is 11.8 Å². The number of aliphatic hydroxyl groups excluding tert-OH is 1. The van der Waals surface area contributed by atoms with Crippen molar-refractivity contribution in [3.63, 3.8) is 0 Å². The van der Waals surface area contributed by atoms with Crippen LogP contribution in [0.3, 0.4) is 0 Å². The summed E-state index contributed by atoms with van der Waals surface area (Å²) in [5.74, 6) is -2.84. The maximum absolute atomic E-state index is 14.6. The normalized spacial score (nSPS) is 31.7. The van der Waals surface area contributed by atoms with Crippen molar-refractivity contribution in [3.05, 3.63) is 25.3 Å². The summed E-state index contributed by atoms with van der Waals surface area (Å²) >= 11 is 3.67. The number of likely N-dealkylation sites (tertiary alicyclic amines) is 1. The summed E-state index contributed by atoms with van der Waals surface area (Å²) in [6.07, 6.45) is 4.15. The van der Waals surface area contributed by atoms with Crippen molar-refractivity contribution in [2.45, 2.75) is 95.0 Å². The Labute approximate surface area is 229 Å². The maximum Gasteiger partial charge on any atom is 0.312 e. The number of hydrogen-bond donors (Lipinski definition) is 1. The number of rotatable bonds is 11. The van der Waals surface area contributed by atoms with Crippen LogP contribution in [0.1, 0.15) is 60.8 Å².